The lowest BCUT2D eigenvalue weighted by Gasteiger charge is -2.13. The van der Waals surface area contributed by atoms with Gasteiger partial charge < -0.3 is 14.6 Å². The number of carboxylic acid groups (broad SMARTS) is 1. The molecule has 3 rings (SSSR count). The Kier molecular flexibility index (Phi) is 7.43. The van der Waals surface area contributed by atoms with E-state index in [0.717, 1.165) is 12.1 Å². The van der Waals surface area contributed by atoms with Gasteiger partial charge in [-0.15, -0.1) is 0 Å². The lowest BCUT2D eigenvalue weighted by Crippen LogP contribution is -2.04. The number of alkyl halides is 3. The van der Waals surface area contributed by atoms with Crippen LogP contribution in [0.3, 0.4) is 0 Å². The molecule has 0 saturated heterocycles. The van der Waals surface area contributed by atoms with Crippen molar-refractivity contribution in [3.05, 3.63) is 94.5 Å². The molecule has 0 aromatic heterocycles. The van der Waals surface area contributed by atoms with Gasteiger partial charge in [-0.25, -0.2) is 0 Å². The van der Waals surface area contributed by atoms with E-state index in [4.69, 9.17) is 26.2 Å². The largest absolute Gasteiger partial charge is 0.486 e. The van der Waals surface area contributed by atoms with Crippen LogP contribution in [0.2, 0.25) is 5.02 Å². The minimum absolute atomic E-state index is 0.147. The second-order valence-electron chi connectivity index (χ2n) is 6.68. The molecule has 0 atom stereocenters. The van der Waals surface area contributed by atoms with E-state index in [1.165, 1.54) is 12.1 Å². The standard InChI is InChI=1S/C24H18ClF3O4/c25-23-17(15-22(29)30)6-3-9-21(23)32-20-8-2-1-7-19(20)31-14-4-5-16-10-12-18(13-11-16)24(26,27)28/h1-13H,14-15H2,(H,29,30). The molecule has 0 heterocycles. The first-order valence-electron chi connectivity index (χ1n) is 9.46. The molecule has 0 amide bonds. The summed E-state index contributed by atoms with van der Waals surface area (Å²) in [5, 5.41) is 9.19. The van der Waals surface area contributed by atoms with E-state index >= 15 is 0 Å². The highest BCUT2D eigenvalue weighted by Gasteiger charge is 2.29. The Bertz CT molecular complexity index is 1110. The van der Waals surface area contributed by atoms with Crippen LogP contribution in [0.15, 0.2) is 72.8 Å². The Balaban J connectivity index is 1.66. The minimum atomic E-state index is -4.37. The highest BCUT2D eigenvalue weighted by molar-refractivity contribution is 6.33. The summed E-state index contributed by atoms with van der Waals surface area (Å²) in [6.07, 6.45) is -1.29. The van der Waals surface area contributed by atoms with Gasteiger partial charge in [0, 0.05) is 0 Å². The molecule has 0 aliphatic rings. The van der Waals surface area contributed by atoms with Crippen molar-refractivity contribution in [1.29, 1.82) is 0 Å². The average Bonchev–Trinajstić information content (AvgIpc) is 2.74. The molecule has 4 nitrogen and oxygen atoms in total. The summed E-state index contributed by atoms with van der Waals surface area (Å²) in [6.45, 7) is 0.147. The van der Waals surface area contributed by atoms with Gasteiger partial charge in [-0.1, -0.05) is 54.1 Å². The lowest BCUT2D eigenvalue weighted by atomic mass is 10.1. The molecule has 1 N–H and O–H groups in total. The van der Waals surface area contributed by atoms with E-state index in [0.29, 0.717) is 28.4 Å². The Labute approximate surface area is 187 Å². The van der Waals surface area contributed by atoms with Crippen LogP contribution in [-0.2, 0) is 17.4 Å². The zero-order valence-electron chi connectivity index (χ0n) is 16.6. The zero-order chi connectivity index (χ0) is 23.1. The van der Waals surface area contributed by atoms with E-state index in [1.807, 2.05) is 0 Å². The van der Waals surface area contributed by atoms with Crippen molar-refractivity contribution < 1.29 is 32.5 Å². The number of halogens is 4. The van der Waals surface area contributed by atoms with Crippen molar-refractivity contribution in [2.75, 3.05) is 6.61 Å². The molecule has 0 fully saturated rings. The first-order valence-corrected chi connectivity index (χ1v) is 9.84. The fourth-order valence-corrected chi connectivity index (χ4v) is 3.04. The summed E-state index contributed by atoms with van der Waals surface area (Å²) >= 11 is 6.28. The predicted octanol–water partition coefficient (Wildman–Crippen LogP) is 6.87. The molecule has 0 saturated carbocycles. The number of benzene rings is 3. The number of ether oxygens (including phenoxy) is 2. The van der Waals surface area contributed by atoms with Crippen molar-refractivity contribution in [3.63, 3.8) is 0 Å². The topological polar surface area (TPSA) is 55.8 Å². The van der Waals surface area contributed by atoms with Crippen LogP contribution in [0.5, 0.6) is 17.2 Å². The van der Waals surface area contributed by atoms with E-state index < -0.39 is 17.7 Å². The number of rotatable bonds is 8. The van der Waals surface area contributed by atoms with Crippen LogP contribution >= 0.6 is 11.6 Å². The maximum absolute atomic E-state index is 12.6. The van der Waals surface area contributed by atoms with Gasteiger partial charge in [-0.3, -0.25) is 4.79 Å². The number of aliphatic carboxylic acids is 1. The Hall–Kier alpha value is -3.45. The van der Waals surface area contributed by atoms with Crippen molar-refractivity contribution >= 4 is 23.6 Å². The number of para-hydroxylation sites is 2. The molecule has 3 aromatic rings. The molecule has 8 heteroatoms. The van der Waals surface area contributed by atoms with Gasteiger partial charge in [0.1, 0.15) is 12.4 Å². The van der Waals surface area contributed by atoms with Crippen LogP contribution in [0.1, 0.15) is 16.7 Å². The third kappa shape index (κ3) is 6.28. The molecular weight excluding hydrogens is 445 g/mol. The van der Waals surface area contributed by atoms with Gasteiger partial charge in [0.05, 0.1) is 17.0 Å². The first-order chi connectivity index (χ1) is 15.2. The SMILES string of the molecule is O=C(O)Cc1cccc(Oc2ccccc2OCC=Cc2ccc(C(F)(F)F)cc2)c1Cl. The van der Waals surface area contributed by atoms with E-state index in [9.17, 15) is 18.0 Å². The fraction of sp³-hybridized carbons (Fsp3) is 0.125. The molecule has 0 radical (unpaired) electrons. The molecule has 0 bridgehead atoms. The third-order valence-electron chi connectivity index (χ3n) is 4.34. The van der Waals surface area contributed by atoms with E-state index in [2.05, 4.69) is 0 Å². The summed E-state index contributed by atoms with van der Waals surface area (Å²) < 4.78 is 49.4. The van der Waals surface area contributed by atoms with Crippen LogP contribution in [0, 0.1) is 0 Å². The zero-order valence-corrected chi connectivity index (χ0v) is 17.4. The smallest absolute Gasteiger partial charge is 0.416 e. The highest BCUT2D eigenvalue weighted by Crippen LogP contribution is 2.36. The Morgan fingerprint density at radius 1 is 0.938 bits per heavy atom. The van der Waals surface area contributed by atoms with Crippen LogP contribution in [0.25, 0.3) is 6.08 Å². The second kappa shape index (κ2) is 10.2. The minimum Gasteiger partial charge on any atom is -0.486 e. The molecule has 3 aromatic carbocycles. The lowest BCUT2D eigenvalue weighted by molar-refractivity contribution is -0.138. The van der Waals surface area contributed by atoms with Crippen LogP contribution in [0.4, 0.5) is 13.2 Å². The van der Waals surface area contributed by atoms with Crippen molar-refractivity contribution in [3.8, 4) is 17.2 Å². The third-order valence-corrected chi connectivity index (χ3v) is 4.77. The molecular formula is C24H18ClF3O4. The van der Waals surface area contributed by atoms with Crippen molar-refractivity contribution in [1.82, 2.24) is 0 Å². The number of hydrogen-bond donors (Lipinski definition) is 1. The highest BCUT2D eigenvalue weighted by atomic mass is 35.5. The van der Waals surface area contributed by atoms with Gasteiger partial charge >= 0.3 is 12.1 Å². The fourth-order valence-electron chi connectivity index (χ4n) is 2.81. The molecule has 0 unspecified atom stereocenters. The van der Waals surface area contributed by atoms with Gasteiger partial charge in [-0.2, -0.15) is 13.2 Å². The van der Waals surface area contributed by atoms with Gasteiger partial charge in [0.15, 0.2) is 11.5 Å². The van der Waals surface area contributed by atoms with Gasteiger partial charge in [0.25, 0.3) is 0 Å². The van der Waals surface area contributed by atoms with Crippen LogP contribution in [-0.4, -0.2) is 17.7 Å². The summed E-state index contributed by atoms with van der Waals surface area (Å²) in [4.78, 5) is 11.0. The average molecular weight is 463 g/mol. The predicted molar refractivity (Wildman–Crippen MR) is 115 cm³/mol. The Morgan fingerprint density at radius 3 is 2.25 bits per heavy atom. The number of hydrogen-bond acceptors (Lipinski definition) is 3. The maximum atomic E-state index is 12.6. The maximum Gasteiger partial charge on any atom is 0.416 e. The van der Waals surface area contributed by atoms with E-state index in [-0.39, 0.29) is 18.1 Å². The molecule has 166 valence electrons. The first kappa shape index (κ1) is 23.2. The summed E-state index contributed by atoms with van der Waals surface area (Å²) in [7, 11) is 0. The monoisotopic (exact) mass is 462 g/mol. The summed E-state index contributed by atoms with van der Waals surface area (Å²) in [5.74, 6) is 0.0865. The summed E-state index contributed by atoms with van der Waals surface area (Å²) in [5.41, 5.74) is 0.325. The molecule has 0 aliphatic heterocycles. The molecule has 0 aliphatic carbocycles. The normalized spacial score (nSPS) is 11.5. The Morgan fingerprint density at radius 2 is 1.59 bits per heavy atom. The van der Waals surface area contributed by atoms with Crippen molar-refractivity contribution in [2.24, 2.45) is 0 Å². The molecule has 32 heavy (non-hydrogen) atoms. The summed E-state index contributed by atoms with van der Waals surface area (Å²) in [6, 6.07) is 16.5. The second-order valence-corrected chi connectivity index (χ2v) is 7.06. The number of carboxylic acids is 1. The molecule has 0 spiro atoms. The van der Waals surface area contributed by atoms with Gasteiger partial charge in [-0.05, 0) is 47.5 Å². The quantitative estimate of drug-likeness (QED) is 0.397. The number of carbonyl (C=O) groups is 1. The van der Waals surface area contributed by atoms with Crippen molar-refractivity contribution in [2.45, 2.75) is 12.6 Å². The van der Waals surface area contributed by atoms with Crippen LogP contribution < -0.4 is 9.47 Å². The van der Waals surface area contributed by atoms with E-state index in [1.54, 1.807) is 54.6 Å². The van der Waals surface area contributed by atoms with Gasteiger partial charge in [0.2, 0.25) is 0 Å².